The van der Waals surface area contributed by atoms with Gasteiger partial charge in [0, 0.05) is 11.8 Å². The maximum absolute atomic E-state index is 5.88. The van der Waals surface area contributed by atoms with Crippen LogP contribution in [0.4, 0.5) is 0 Å². The van der Waals surface area contributed by atoms with Gasteiger partial charge in [0.1, 0.15) is 6.33 Å². The van der Waals surface area contributed by atoms with E-state index in [1.807, 2.05) is 41.2 Å². The second-order valence-electron chi connectivity index (χ2n) is 3.82. The predicted molar refractivity (Wildman–Crippen MR) is 67.7 cm³/mol. The van der Waals surface area contributed by atoms with Crippen molar-refractivity contribution in [2.24, 2.45) is 0 Å². The van der Waals surface area contributed by atoms with Crippen molar-refractivity contribution in [3.05, 3.63) is 59.9 Å². The summed E-state index contributed by atoms with van der Waals surface area (Å²) in [6.07, 6.45) is 5.18. The Morgan fingerprint density at radius 3 is 2.67 bits per heavy atom. The zero-order valence-corrected chi connectivity index (χ0v) is 10.2. The molecule has 0 aliphatic rings. The van der Waals surface area contributed by atoms with Gasteiger partial charge in [0.05, 0.1) is 18.4 Å². The number of hydrogen-bond acceptors (Lipinski definition) is 3. The molecule has 18 heavy (non-hydrogen) atoms. The van der Waals surface area contributed by atoms with Crippen LogP contribution in [0.1, 0.15) is 5.56 Å². The van der Waals surface area contributed by atoms with Gasteiger partial charge in [0.25, 0.3) is 0 Å². The Balaban J connectivity index is 1.84. The summed E-state index contributed by atoms with van der Waals surface area (Å²) < 4.78 is 3.44. The average molecular weight is 260 g/mol. The van der Waals surface area contributed by atoms with Crippen molar-refractivity contribution in [3.63, 3.8) is 0 Å². The fraction of sp³-hybridized carbons (Fsp3) is 0.0833. The summed E-state index contributed by atoms with van der Waals surface area (Å²) in [7, 11) is 0. The van der Waals surface area contributed by atoms with Crippen LogP contribution in [-0.4, -0.2) is 24.5 Å². The molecule has 0 fully saturated rings. The van der Waals surface area contributed by atoms with Gasteiger partial charge in [0.15, 0.2) is 0 Å². The third kappa shape index (κ3) is 2.12. The summed E-state index contributed by atoms with van der Waals surface area (Å²) >= 11 is 5.88. The van der Waals surface area contributed by atoms with Crippen molar-refractivity contribution in [2.75, 3.05) is 0 Å². The summed E-state index contributed by atoms with van der Waals surface area (Å²) in [4.78, 5) is 3.87. The van der Waals surface area contributed by atoms with E-state index in [1.54, 1.807) is 10.9 Å². The molecule has 0 bridgehead atoms. The van der Waals surface area contributed by atoms with Crippen LogP contribution in [0.3, 0.4) is 0 Å². The first-order valence-corrected chi connectivity index (χ1v) is 5.83. The quantitative estimate of drug-likeness (QED) is 0.724. The topological polar surface area (TPSA) is 48.5 Å². The van der Waals surface area contributed by atoms with Gasteiger partial charge in [-0.15, -0.1) is 0 Å². The van der Waals surface area contributed by atoms with Gasteiger partial charge in [-0.25, -0.2) is 14.3 Å². The Morgan fingerprint density at radius 1 is 1.11 bits per heavy atom. The van der Waals surface area contributed by atoms with E-state index in [1.165, 1.54) is 6.33 Å². The molecule has 0 atom stereocenters. The molecule has 0 unspecified atom stereocenters. The van der Waals surface area contributed by atoms with Gasteiger partial charge < -0.3 is 0 Å². The van der Waals surface area contributed by atoms with Crippen LogP contribution in [0.2, 0.25) is 5.28 Å². The molecule has 0 spiro atoms. The summed E-state index contributed by atoms with van der Waals surface area (Å²) in [5, 5.41) is 8.72. The highest BCUT2D eigenvalue weighted by atomic mass is 35.5. The summed E-state index contributed by atoms with van der Waals surface area (Å²) in [5.41, 5.74) is 2.04. The molecule has 2 aromatic heterocycles. The summed E-state index contributed by atoms with van der Waals surface area (Å²) in [6.45, 7) is 0.561. The van der Waals surface area contributed by atoms with E-state index in [2.05, 4.69) is 15.2 Å². The first-order chi connectivity index (χ1) is 8.83. The molecule has 0 saturated carbocycles. The SMILES string of the molecule is Clc1ncnn1Cc1cnn(-c2ccccc2)c1. The van der Waals surface area contributed by atoms with Gasteiger partial charge in [-0.05, 0) is 23.7 Å². The highest BCUT2D eigenvalue weighted by Gasteiger charge is 2.05. The molecule has 90 valence electrons. The zero-order valence-electron chi connectivity index (χ0n) is 9.44. The minimum absolute atomic E-state index is 0.377. The Hall–Kier alpha value is -2.14. The summed E-state index contributed by atoms with van der Waals surface area (Å²) in [5.74, 6) is 0. The van der Waals surface area contributed by atoms with Gasteiger partial charge in [-0.3, -0.25) is 0 Å². The molecule has 5 nitrogen and oxygen atoms in total. The number of benzene rings is 1. The Kier molecular flexibility index (Phi) is 2.82. The van der Waals surface area contributed by atoms with Crippen molar-refractivity contribution in [1.82, 2.24) is 24.5 Å². The molecule has 0 aliphatic carbocycles. The molecule has 0 amide bonds. The number of para-hydroxylation sites is 1. The van der Waals surface area contributed by atoms with Crippen LogP contribution in [0.25, 0.3) is 5.69 Å². The van der Waals surface area contributed by atoms with E-state index in [9.17, 15) is 0 Å². The minimum atomic E-state index is 0.377. The van der Waals surface area contributed by atoms with E-state index >= 15 is 0 Å². The third-order valence-corrected chi connectivity index (χ3v) is 2.85. The standard InChI is InChI=1S/C12H10ClN5/c13-12-14-9-16-18(12)8-10-6-15-17(7-10)11-4-2-1-3-5-11/h1-7,9H,8H2. The Labute approximate surface area is 109 Å². The van der Waals surface area contributed by atoms with Crippen molar-refractivity contribution in [3.8, 4) is 5.69 Å². The molecular formula is C12H10ClN5. The highest BCUT2D eigenvalue weighted by Crippen LogP contribution is 2.10. The van der Waals surface area contributed by atoms with Crippen molar-refractivity contribution < 1.29 is 0 Å². The van der Waals surface area contributed by atoms with Gasteiger partial charge in [-0.1, -0.05) is 18.2 Å². The molecule has 0 saturated heterocycles. The van der Waals surface area contributed by atoms with Gasteiger partial charge in [0.2, 0.25) is 5.28 Å². The maximum atomic E-state index is 5.88. The lowest BCUT2D eigenvalue weighted by molar-refractivity contribution is 0.685. The molecule has 0 radical (unpaired) electrons. The van der Waals surface area contributed by atoms with Crippen molar-refractivity contribution in [1.29, 1.82) is 0 Å². The van der Waals surface area contributed by atoms with Gasteiger partial charge in [-0.2, -0.15) is 10.2 Å². The van der Waals surface area contributed by atoms with E-state index < -0.39 is 0 Å². The van der Waals surface area contributed by atoms with Gasteiger partial charge >= 0.3 is 0 Å². The zero-order chi connectivity index (χ0) is 12.4. The van der Waals surface area contributed by atoms with Crippen molar-refractivity contribution >= 4 is 11.6 Å². The molecule has 2 heterocycles. The smallest absolute Gasteiger partial charge is 0.221 e. The normalized spacial score (nSPS) is 10.7. The van der Waals surface area contributed by atoms with E-state index in [4.69, 9.17) is 11.6 Å². The first-order valence-electron chi connectivity index (χ1n) is 5.45. The predicted octanol–water partition coefficient (Wildman–Crippen LogP) is 2.17. The maximum Gasteiger partial charge on any atom is 0.221 e. The van der Waals surface area contributed by atoms with E-state index in [0.717, 1.165) is 11.3 Å². The third-order valence-electron chi connectivity index (χ3n) is 2.56. The molecule has 3 rings (SSSR count). The number of hydrogen-bond donors (Lipinski definition) is 0. The lowest BCUT2D eigenvalue weighted by Gasteiger charge is -2.00. The number of aromatic nitrogens is 5. The second-order valence-corrected chi connectivity index (χ2v) is 4.15. The monoisotopic (exact) mass is 259 g/mol. The lowest BCUT2D eigenvalue weighted by atomic mass is 10.3. The fourth-order valence-corrected chi connectivity index (χ4v) is 1.84. The average Bonchev–Trinajstić information content (AvgIpc) is 3.02. The van der Waals surface area contributed by atoms with Crippen LogP contribution in [0, 0.1) is 0 Å². The van der Waals surface area contributed by atoms with E-state index in [-0.39, 0.29) is 0 Å². The summed E-state index contributed by atoms with van der Waals surface area (Å²) in [6, 6.07) is 9.93. The van der Waals surface area contributed by atoms with Crippen molar-refractivity contribution in [2.45, 2.75) is 6.54 Å². The molecule has 0 N–H and O–H groups in total. The van der Waals surface area contributed by atoms with Crippen LogP contribution >= 0.6 is 11.6 Å². The molecule has 1 aromatic carbocycles. The Bertz CT molecular complexity index is 643. The highest BCUT2D eigenvalue weighted by molar-refractivity contribution is 6.28. The lowest BCUT2D eigenvalue weighted by Crippen LogP contribution is -2.00. The largest absolute Gasteiger partial charge is 0.241 e. The second kappa shape index (κ2) is 4.62. The first kappa shape index (κ1) is 11.0. The van der Waals surface area contributed by atoms with Crippen LogP contribution < -0.4 is 0 Å². The number of rotatable bonds is 3. The minimum Gasteiger partial charge on any atom is -0.241 e. The molecule has 0 aliphatic heterocycles. The molecule has 6 heteroatoms. The number of nitrogens with zero attached hydrogens (tertiary/aromatic N) is 5. The molecule has 3 aromatic rings. The van der Waals surface area contributed by atoms with Crippen LogP contribution in [0.15, 0.2) is 49.1 Å². The van der Waals surface area contributed by atoms with Crippen LogP contribution in [0.5, 0.6) is 0 Å². The van der Waals surface area contributed by atoms with Crippen LogP contribution in [-0.2, 0) is 6.54 Å². The Morgan fingerprint density at radius 2 is 1.94 bits per heavy atom. The fourth-order valence-electron chi connectivity index (χ4n) is 1.69. The number of halogens is 1. The molecular weight excluding hydrogens is 250 g/mol. The van der Waals surface area contributed by atoms with E-state index in [0.29, 0.717) is 11.8 Å².